The van der Waals surface area contributed by atoms with Gasteiger partial charge in [-0.05, 0) is 75.1 Å². The van der Waals surface area contributed by atoms with Crippen molar-refractivity contribution in [2.75, 3.05) is 12.3 Å². The van der Waals surface area contributed by atoms with Gasteiger partial charge < -0.3 is 31.9 Å². The molecule has 4 atom stereocenters. The molecule has 0 spiro atoms. The maximum Gasteiger partial charge on any atom is 0.418 e. The number of aliphatic carboxylic acids is 1. The van der Waals surface area contributed by atoms with Crippen molar-refractivity contribution < 1.29 is 46.3 Å². The molecule has 1 saturated carbocycles. The topological polar surface area (TPSA) is 285 Å². The van der Waals surface area contributed by atoms with Crippen molar-refractivity contribution in [1.29, 1.82) is 0 Å². The van der Waals surface area contributed by atoms with Crippen LogP contribution in [0.5, 0.6) is 5.75 Å². The van der Waals surface area contributed by atoms with Crippen LogP contribution in [-0.2, 0) is 40.3 Å². The number of hydrogen-bond donors (Lipinski definition) is 5. The third-order valence-corrected chi connectivity index (χ3v) is 10.5. The van der Waals surface area contributed by atoms with Crippen molar-refractivity contribution in [2.24, 2.45) is 37.9 Å². The number of thiazole rings is 1. The molecule has 20 heteroatoms. The van der Waals surface area contributed by atoms with Crippen molar-refractivity contribution in [2.45, 2.75) is 77.2 Å². The molecule has 2 amide bonds. The number of aryl methyl sites for hydroxylation is 1. The van der Waals surface area contributed by atoms with Crippen LogP contribution >= 0.6 is 11.3 Å². The number of amides is 2. The Morgan fingerprint density at radius 2 is 1.96 bits per heavy atom. The molecule has 2 fully saturated rings. The zero-order valence-electron chi connectivity index (χ0n) is 27.8. The number of fused-ring (bicyclic) bond motifs is 1. The van der Waals surface area contributed by atoms with Crippen LogP contribution < -0.4 is 21.9 Å². The second-order valence-electron chi connectivity index (χ2n) is 13.5. The van der Waals surface area contributed by atoms with Crippen molar-refractivity contribution in [1.82, 2.24) is 10.0 Å². The number of hydrogen-bond acceptors (Lipinski definition) is 14. The number of nitrogens with two attached hydrogens (primary N) is 3. The molecule has 0 radical (unpaired) electrons. The number of nitrogens with zero attached hydrogens (tertiary/aromatic N) is 5. The molecule has 5 rings (SSSR count). The smallest absolute Gasteiger partial charge is 0.418 e. The van der Waals surface area contributed by atoms with Gasteiger partial charge in [0.25, 0.3) is 11.5 Å². The third-order valence-electron chi connectivity index (χ3n) is 9.52. The number of oxime groups is 1. The van der Waals surface area contributed by atoms with E-state index in [0.29, 0.717) is 41.1 Å². The number of hydroxylamine groups is 2. The summed E-state index contributed by atoms with van der Waals surface area (Å²) in [6, 6.07) is 5.37. The first-order chi connectivity index (χ1) is 23.1. The van der Waals surface area contributed by atoms with E-state index in [-0.39, 0.29) is 28.7 Å². The van der Waals surface area contributed by atoms with E-state index in [1.165, 1.54) is 26.2 Å². The van der Waals surface area contributed by atoms with Crippen LogP contribution in [0.15, 0.2) is 38.7 Å². The van der Waals surface area contributed by atoms with E-state index in [2.05, 4.69) is 38.3 Å². The maximum atomic E-state index is 13.4. The van der Waals surface area contributed by atoms with E-state index in [9.17, 15) is 27.9 Å². The summed E-state index contributed by atoms with van der Waals surface area (Å²) >= 11 is 0.944. The van der Waals surface area contributed by atoms with Crippen LogP contribution in [0, 0.1) is 11.3 Å². The number of carboxylic acids is 1. The minimum Gasteiger partial charge on any atom is -0.485 e. The number of aliphatic imine (C=N–C) groups is 2. The molecule has 18 nitrogen and oxygen atoms in total. The normalized spacial score (nSPS) is 25.1. The Bertz CT molecular complexity index is 1940. The minimum atomic E-state index is -5.06. The Labute approximate surface area is 291 Å². The van der Waals surface area contributed by atoms with Gasteiger partial charge in [0.05, 0.1) is 0 Å². The fourth-order valence-electron chi connectivity index (χ4n) is 5.78. The van der Waals surface area contributed by atoms with Gasteiger partial charge in [-0.25, -0.2) is 14.8 Å². The molecule has 1 aliphatic carbocycles. The van der Waals surface area contributed by atoms with Gasteiger partial charge in [-0.2, -0.15) is 13.5 Å². The van der Waals surface area contributed by atoms with Gasteiger partial charge in [0.2, 0.25) is 0 Å². The Balaban J connectivity index is 1.36. The second-order valence-corrected chi connectivity index (χ2v) is 15.4. The molecule has 1 aromatic heterocycles. The molecule has 0 unspecified atom stereocenters. The lowest BCUT2D eigenvalue weighted by Crippen LogP contribution is -2.69. The average Bonchev–Trinajstić information content (AvgIpc) is 3.48. The molecule has 3 aliphatic rings. The molecule has 1 saturated heterocycles. The highest BCUT2D eigenvalue weighted by atomic mass is 32.3. The number of carbonyl (C=O) groups excluding carboxylic acids is 2. The molecular weight excluding hydrogens is 697 g/mol. The Kier molecular flexibility index (Phi) is 9.56. The fourth-order valence-corrected chi connectivity index (χ4v) is 6.77. The summed E-state index contributed by atoms with van der Waals surface area (Å²) in [4.78, 5) is 56.5. The zero-order valence-corrected chi connectivity index (χ0v) is 29.4. The van der Waals surface area contributed by atoms with Crippen LogP contribution in [-0.4, -0.2) is 93.0 Å². The van der Waals surface area contributed by atoms with E-state index >= 15 is 0 Å². The first-order valence-corrected chi connectivity index (χ1v) is 17.6. The van der Waals surface area contributed by atoms with Gasteiger partial charge in [0, 0.05) is 23.5 Å². The van der Waals surface area contributed by atoms with E-state index in [0.717, 1.165) is 23.3 Å². The Hall–Kier alpha value is -4.50. The number of benzene rings is 1. The SMILES string of the molecule is CC1(C)[C@@H](CN=C(N)c2ccc3c(c2)CC[C@H]([C@](C)(O/N=C(\C(=O)N=C2C(=O)N(OS(=O)(=O)O)C2(C)C)c2csc(N)n2)C(=O)O)O3)C[C@H]1N. The van der Waals surface area contributed by atoms with Crippen molar-refractivity contribution >= 4 is 61.9 Å². The molecule has 2 aromatic rings. The predicted octanol–water partition coefficient (Wildman–Crippen LogP) is 1.08. The summed E-state index contributed by atoms with van der Waals surface area (Å²) in [6.45, 7) is 8.62. The molecule has 2 aliphatic heterocycles. The molecule has 3 heterocycles. The maximum absolute atomic E-state index is 13.4. The lowest BCUT2D eigenvalue weighted by Gasteiger charge is -2.49. The first kappa shape index (κ1) is 36.8. The largest absolute Gasteiger partial charge is 0.485 e. The summed E-state index contributed by atoms with van der Waals surface area (Å²) in [5, 5.41) is 15.8. The van der Waals surface area contributed by atoms with Gasteiger partial charge in [0.1, 0.15) is 28.5 Å². The summed E-state index contributed by atoms with van der Waals surface area (Å²) in [6.07, 6.45) is 0.370. The van der Waals surface area contributed by atoms with Crippen molar-refractivity contribution in [3.63, 3.8) is 0 Å². The standard InChI is InChI=1S/C30H38N8O10S2/c1-28(2)16(11-19(28)31)12-34-23(32)15-6-8-18-14(10-15)7-9-20(46-18)30(5,26(41)42)47-37-21(17-13-49-27(33)35-17)24(39)36-22-25(40)38(29(22,3)4)48-50(43,44)45/h6,8,10,13,16,19-20H,7,9,11-12,31H2,1-5H3,(H2,32,34)(H2,33,35)(H,41,42)(H,43,44,45)/b36-22?,37-21-/t16-,19-,20-,30+/m1/s1. The number of carboxylic acid groups (broad SMARTS) is 1. The monoisotopic (exact) mass is 734 g/mol. The quantitative estimate of drug-likeness (QED) is 0.0710. The zero-order chi connectivity index (χ0) is 37.0. The fraction of sp³-hybridized carbons (Fsp3) is 0.500. The number of anilines is 1. The van der Waals surface area contributed by atoms with Crippen molar-refractivity contribution in [3.05, 3.63) is 40.4 Å². The van der Waals surface area contributed by atoms with Crippen LogP contribution in [0.1, 0.15) is 64.3 Å². The van der Waals surface area contributed by atoms with Gasteiger partial charge in [-0.1, -0.05) is 19.0 Å². The highest BCUT2D eigenvalue weighted by molar-refractivity contribution is 7.80. The van der Waals surface area contributed by atoms with Gasteiger partial charge in [0.15, 0.2) is 16.9 Å². The summed E-state index contributed by atoms with van der Waals surface area (Å²) in [5.41, 5.74) is 14.7. The third kappa shape index (κ3) is 6.93. The van der Waals surface area contributed by atoms with Crippen LogP contribution in [0.25, 0.3) is 0 Å². The number of amidine groups is 1. The number of β-lactam (4-membered cyclic amide) rings is 1. The lowest BCUT2D eigenvalue weighted by atomic mass is 9.59. The van der Waals surface area contributed by atoms with E-state index < -0.39 is 56.8 Å². The Morgan fingerprint density at radius 1 is 1.26 bits per heavy atom. The van der Waals surface area contributed by atoms with Crippen LogP contribution in [0.3, 0.4) is 0 Å². The number of aromatic nitrogens is 1. The minimum absolute atomic E-state index is 0.0152. The van der Waals surface area contributed by atoms with Crippen molar-refractivity contribution in [3.8, 4) is 5.75 Å². The lowest BCUT2D eigenvalue weighted by molar-refractivity contribution is -0.178. The molecule has 50 heavy (non-hydrogen) atoms. The molecule has 8 N–H and O–H groups in total. The molecular formula is C30H38N8O10S2. The summed E-state index contributed by atoms with van der Waals surface area (Å²) in [7, 11) is -5.06. The van der Waals surface area contributed by atoms with E-state index in [1.54, 1.807) is 12.1 Å². The second kappa shape index (κ2) is 13.0. The summed E-state index contributed by atoms with van der Waals surface area (Å²) < 4.78 is 41.7. The Morgan fingerprint density at radius 3 is 2.52 bits per heavy atom. The predicted molar refractivity (Wildman–Crippen MR) is 181 cm³/mol. The van der Waals surface area contributed by atoms with Crippen LogP contribution in [0.2, 0.25) is 0 Å². The summed E-state index contributed by atoms with van der Waals surface area (Å²) in [5.74, 6) is -2.67. The number of rotatable bonds is 11. The first-order valence-electron chi connectivity index (χ1n) is 15.4. The highest BCUT2D eigenvalue weighted by Crippen LogP contribution is 2.45. The van der Waals surface area contributed by atoms with Gasteiger partial charge >= 0.3 is 22.3 Å². The van der Waals surface area contributed by atoms with E-state index in [4.69, 9.17) is 31.3 Å². The molecule has 1 aromatic carbocycles. The van der Waals surface area contributed by atoms with E-state index in [1.807, 2.05) is 6.07 Å². The number of nitrogen functional groups attached to an aromatic ring is 1. The van der Waals surface area contributed by atoms with Gasteiger partial charge in [-0.15, -0.1) is 15.6 Å². The number of ether oxygens (including phenoxy) is 1. The van der Waals surface area contributed by atoms with Gasteiger partial charge in [-0.3, -0.25) is 19.1 Å². The molecule has 270 valence electrons. The average molecular weight is 735 g/mol. The van der Waals surface area contributed by atoms with Crippen LogP contribution in [0.4, 0.5) is 5.13 Å². The molecule has 0 bridgehead atoms. The number of carbonyl (C=O) groups is 3. The highest BCUT2D eigenvalue weighted by Gasteiger charge is 2.55.